The Kier molecular flexibility index (Phi) is 4.10. The summed E-state index contributed by atoms with van der Waals surface area (Å²) in [6.45, 7) is 5.64. The zero-order valence-electron chi connectivity index (χ0n) is 4.45. The molecular weight excluding hydrogens is 152 g/mol. The summed E-state index contributed by atoms with van der Waals surface area (Å²) in [6.07, 6.45) is 2.86. The molecule has 0 unspecified atom stereocenters. The zero-order chi connectivity index (χ0) is 5.70. The van der Waals surface area contributed by atoms with Crippen molar-refractivity contribution in [2.24, 2.45) is 0 Å². The molecule has 0 heterocycles. The van der Waals surface area contributed by atoms with Gasteiger partial charge in [0.25, 0.3) is 0 Å². The molecule has 0 spiro atoms. The van der Waals surface area contributed by atoms with E-state index in [1.54, 1.807) is 0 Å². The summed E-state index contributed by atoms with van der Waals surface area (Å²) in [6, 6.07) is 0. The van der Waals surface area contributed by atoms with Gasteiger partial charge in [0.2, 0.25) is 0 Å². The molecule has 0 nitrogen and oxygen atoms in total. The van der Waals surface area contributed by atoms with E-state index in [0.717, 1.165) is 6.42 Å². The molecule has 0 N–H and O–H groups in total. The molecule has 0 fully saturated rings. The van der Waals surface area contributed by atoms with Crippen molar-refractivity contribution in [3.8, 4) is 0 Å². The van der Waals surface area contributed by atoms with Crippen LogP contribution in [-0.2, 0) is 0 Å². The van der Waals surface area contributed by atoms with Crippen LogP contribution in [0, 0.1) is 0 Å². The second-order valence-corrected chi connectivity index (χ2v) is 1.91. The van der Waals surface area contributed by atoms with Crippen LogP contribution in [0.15, 0.2) is 23.2 Å². The average Bonchev–Trinajstić information content (AvgIpc) is 1.68. The van der Waals surface area contributed by atoms with Crippen molar-refractivity contribution in [1.29, 1.82) is 0 Å². The summed E-state index contributed by atoms with van der Waals surface area (Å²) < 4.78 is 0. The monoisotopic (exact) mass is 160 g/mol. The molecule has 0 rings (SSSR count). The van der Waals surface area contributed by atoms with E-state index in [-0.39, 0.29) is 0 Å². The van der Waals surface area contributed by atoms with Gasteiger partial charge >= 0.3 is 0 Å². The van der Waals surface area contributed by atoms with Gasteiger partial charge in [-0.3, -0.25) is 0 Å². The molecule has 0 aromatic heterocycles. The SMILES string of the molecule is C=CC/C(C)=C/Br. The molecule has 0 aromatic carbocycles. The van der Waals surface area contributed by atoms with Crippen LogP contribution in [-0.4, -0.2) is 0 Å². The van der Waals surface area contributed by atoms with Crippen molar-refractivity contribution in [1.82, 2.24) is 0 Å². The Hall–Kier alpha value is -0.0400. The second kappa shape index (κ2) is 4.13. The molecular formula is C6H9Br. The highest BCUT2D eigenvalue weighted by Crippen LogP contribution is 2.01. The van der Waals surface area contributed by atoms with E-state index >= 15 is 0 Å². The first kappa shape index (κ1) is 6.96. The lowest BCUT2D eigenvalue weighted by atomic mass is 10.2. The number of hydrogen-bond acceptors (Lipinski definition) is 0. The van der Waals surface area contributed by atoms with Crippen molar-refractivity contribution in [2.75, 3.05) is 0 Å². The van der Waals surface area contributed by atoms with E-state index in [0.29, 0.717) is 0 Å². The summed E-state index contributed by atoms with van der Waals surface area (Å²) in [4.78, 5) is 1.91. The minimum absolute atomic E-state index is 0.977. The molecule has 0 aliphatic carbocycles. The van der Waals surface area contributed by atoms with Crippen molar-refractivity contribution in [3.63, 3.8) is 0 Å². The van der Waals surface area contributed by atoms with E-state index in [9.17, 15) is 0 Å². The molecule has 40 valence electrons. The molecule has 0 saturated carbocycles. The van der Waals surface area contributed by atoms with Gasteiger partial charge in [0.1, 0.15) is 0 Å². The quantitative estimate of drug-likeness (QED) is 0.546. The van der Waals surface area contributed by atoms with E-state index in [4.69, 9.17) is 0 Å². The highest BCUT2D eigenvalue weighted by Gasteiger charge is 1.77. The van der Waals surface area contributed by atoms with Crippen LogP contribution in [0.4, 0.5) is 0 Å². The number of halogens is 1. The summed E-state index contributed by atoms with van der Waals surface area (Å²) in [5, 5.41) is 0. The van der Waals surface area contributed by atoms with Gasteiger partial charge in [-0.05, 0) is 18.3 Å². The van der Waals surface area contributed by atoms with Crippen LogP contribution in [0.5, 0.6) is 0 Å². The molecule has 0 amide bonds. The first-order valence-electron chi connectivity index (χ1n) is 2.18. The van der Waals surface area contributed by atoms with E-state index in [1.807, 2.05) is 11.1 Å². The van der Waals surface area contributed by atoms with E-state index in [1.165, 1.54) is 5.57 Å². The Labute approximate surface area is 53.1 Å². The molecule has 0 radical (unpaired) electrons. The van der Waals surface area contributed by atoms with E-state index < -0.39 is 0 Å². The lowest BCUT2D eigenvalue weighted by Gasteiger charge is -1.86. The van der Waals surface area contributed by atoms with E-state index in [2.05, 4.69) is 29.4 Å². The van der Waals surface area contributed by atoms with Gasteiger partial charge in [0.05, 0.1) is 0 Å². The summed E-state index contributed by atoms with van der Waals surface area (Å²) in [7, 11) is 0. The van der Waals surface area contributed by atoms with Crippen LogP contribution in [0.25, 0.3) is 0 Å². The molecule has 0 atom stereocenters. The highest BCUT2D eigenvalue weighted by atomic mass is 79.9. The maximum atomic E-state index is 3.59. The van der Waals surface area contributed by atoms with Gasteiger partial charge in [-0.2, -0.15) is 0 Å². The third-order valence-electron chi connectivity index (χ3n) is 0.653. The third kappa shape index (κ3) is 3.80. The number of rotatable bonds is 2. The van der Waals surface area contributed by atoms with Crippen molar-refractivity contribution in [3.05, 3.63) is 23.2 Å². The van der Waals surface area contributed by atoms with Gasteiger partial charge in [0.15, 0.2) is 0 Å². The van der Waals surface area contributed by atoms with Gasteiger partial charge in [-0.1, -0.05) is 27.6 Å². The lowest BCUT2D eigenvalue weighted by molar-refractivity contribution is 1.23. The van der Waals surface area contributed by atoms with Gasteiger partial charge in [-0.15, -0.1) is 6.58 Å². The largest absolute Gasteiger partial charge is 0.103 e. The summed E-state index contributed by atoms with van der Waals surface area (Å²) in [5.41, 5.74) is 1.30. The molecule has 7 heavy (non-hydrogen) atoms. The average molecular weight is 161 g/mol. The van der Waals surface area contributed by atoms with Gasteiger partial charge in [-0.25, -0.2) is 0 Å². The maximum Gasteiger partial charge on any atom is -0.0136 e. The molecule has 0 bridgehead atoms. The molecule has 0 aromatic rings. The fourth-order valence-electron chi connectivity index (χ4n) is 0.272. The van der Waals surface area contributed by atoms with Crippen LogP contribution < -0.4 is 0 Å². The Bertz CT molecular complexity index is 82.2. The molecule has 0 saturated heterocycles. The second-order valence-electron chi connectivity index (χ2n) is 1.45. The topological polar surface area (TPSA) is 0 Å². The van der Waals surface area contributed by atoms with Crippen LogP contribution in [0.1, 0.15) is 13.3 Å². The molecule has 0 aliphatic rings. The fourth-order valence-corrected chi connectivity index (χ4v) is 0.459. The lowest BCUT2D eigenvalue weighted by Crippen LogP contribution is -1.64. The number of hydrogen-bond donors (Lipinski definition) is 0. The van der Waals surface area contributed by atoms with Gasteiger partial charge < -0.3 is 0 Å². The standard InChI is InChI=1S/C6H9Br/c1-3-4-6(2)5-7/h3,5H,1,4H2,2H3/b6-5+. The van der Waals surface area contributed by atoms with Crippen molar-refractivity contribution in [2.45, 2.75) is 13.3 Å². The van der Waals surface area contributed by atoms with Crippen LogP contribution >= 0.6 is 15.9 Å². The zero-order valence-corrected chi connectivity index (χ0v) is 6.03. The van der Waals surface area contributed by atoms with Crippen LogP contribution in [0.2, 0.25) is 0 Å². The first-order chi connectivity index (χ1) is 3.31. The smallest absolute Gasteiger partial charge is 0.0136 e. The minimum Gasteiger partial charge on any atom is -0.103 e. The van der Waals surface area contributed by atoms with Crippen LogP contribution in [0.3, 0.4) is 0 Å². The predicted octanol–water partition coefficient (Wildman–Crippen LogP) is 2.86. The number of allylic oxidation sites excluding steroid dienone is 2. The molecule has 1 heteroatoms. The third-order valence-corrected chi connectivity index (χ3v) is 1.43. The van der Waals surface area contributed by atoms with Gasteiger partial charge in [0, 0.05) is 0 Å². The fraction of sp³-hybridized carbons (Fsp3) is 0.333. The Morgan fingerprint density at radius 3 is 2.57 bits per heavy atom. The summed E-state index contributed by atoms with van der Waals surface area (Å²) in [5.74, 6) is 0. The normalized spacial score (nSPS) is 11.4. The Morgan fingerprint density at radius 1 is 1.86 bits per heavy atom. The summed E-state index contributed by atoms with van der Waals surface area (Å²) >= 11 is 3.21. The highest BCUT2D eigenvalue weighted by molar-refractivity contribution is 9.11. The maximum absolute atomic E-state index is 3.59. The Balaban J connectivity index is 3.36. The predicted molar refractivity (Wildman–Crippen MR) is 37.5 cm³/mol. The first-order valence-corrected chi connectivity index (χ1v) is 3.09. The Morgan fingerprint density at radius 2 is 2.43 bits per heavy atom. The molecule has 0 aliphatic heterocycles. The van der Waals surface area contributed by atoms with Crippen molar-refractivity contribution >= 4 is 15.9 Å². The minimum atomic E-state index is 0.977. The van der Waals surface area contributed by atoms with Crippen molar-refractivity contribution < 1.29 is 0 Å².